The Morgan fingerprint density at radius 3 is 2.54 bits per heavy atom. The summed E-state index contributed by atoms with van der Waals surface area (Å²) in [6.45, 7) is 10.7. The minimum atomic E-state index is -0.507. The number of carbonyl (C=O) groups is 1. The second kappa shape index (κ2) is 11.6. The van der Waals surface area contributed by atoms with Crippen molar-refractivity contribution in [3.8, 4) is 5.88 Å². The molecule has 8 nitrogen and oxygen atoms in total. The topological polar surface area (TPSA) is 89.5 Å². The molecule has 5 rings (SSSR count). The fourth-order valence-corrected chi connectivity index (χ4v) is 4.30. The number of ether oxygens (including phenoxy) is 2. The summed E-state index contributed by atoms with van der Waals surface area (Å²) in [5, 5.41) is 4.64. The predicted molar refractivity (Wildman–Crippen MR) is 147 cm³/mol. The number of pyridine rings is 1. The molecule has 0 unspecified atom stereocenters. The Labute approximate surface area is 219 Å². The Bertz CT molecular complexity index is 1250. The SMILES string of the molecule is CC.CC(C)(C)OC(=O)N1CC=C(c2nccnc2OC2CC(Nc3ccc4ccccc4n3)C2)CC1. The standard InChI is InChI=1S/C27H31N5O3.C2H6/c1-27(2,3)35-26(33)32-14-10-19(11-15-32)24-25(29-13-12-28-24)34-21-16-20(17-21)30-23-9-8-18-6-4-5-7-22(18)31-23;1-2/h4-10,12-13,20-21H,11,14-17H2,1-3H3,(H,30,31);1-2H3. The molecule has 196 valence electrons. The number of hydrogen-bond acceptors (Lipinski definition) is 7. The maximum atomic E-state index is 12.4. The molecule has 1 aromatic carbocycles. The van der Waals surface area contributed by atoms with Crippen LogP contribution in [0.25, 0.3) is 16.5 Å². The highest BCUT2D eigenvalue weighted by atomic mass is 16.6. The molecule has 3 aromatic rings. The van der Waals surface area contributed by atoms with Crippen molar-refractivity contribution in [2.45, 2.75) is 71.6 Å². The van der Waals surface area contributed by atoms with Gasteiger partial charge >= 0.3 is 6.09 Å². The van der Waals surface area contributed by atoms with E-state index in [1.54, 1.807) is 17.3 Å². The number of carbonyl (C=O) groups excluding carboxylic acids is 1. The van der Waals surface area contributed by atoms with Crippen LogP contribution in [0.15, 0.2) is 54.9 Å². The molecular formula is C29H37N5O3. The highest BCUT2D eigenvalue weighted by molar-refractivity contribution is 5.80. The van der Waals surface area contributed by atoms with Crippen molar-refractivity contribution < 1.29 is 14.3 Å². The zero-order chi connectivity index (χ0) is 26.4. The average Bonchev–Trinajstić information content (AvgIpc) is 2.88. The Morgan fingerprint density at radius 2 is 1.81 bits per heavy atom. The number of para-hydroxylation sites is 1. The number of nitrogens with zero attached hydrogens (tertiary/aromatic N) is 4. The summed E-state index contributed by atoms with van der Waals surface area (Å²) in [5.41, 5.74) is 2.28. The summed E-state index contributed by atoms with van der Waals surface area (Å²) in [5.74, 6) is 1.44. The van der Waals surface area contributed by atoms with Crippen molar-refractivity contribution in [1.82, 2.24) is 19.9 Å². The van der Waals surface area contributed by atoms with Crippen LogP contribution in [0, 0.1) is 0 Å². The van der Waals surface area contributed by atoms with E-state index < -0.39 is 5.60 Å². The number of fused-ring (bicyclic) bond motifs is 1. The Balaban J connectivity index is 0.00000156. The molecule has 1 saturated carbocycles. The van der Waals surface area contributed by atoms with E-state index in [1.165, 1.54) is 0 Å². The van der Waals surface area contributed by atoms with E-state index in [0.29, 0.717) is 31.4 Å². The van der Waals surface area contributed by atoms with Gasteiger partial charge in [0.15, 0.2) is 0 Å². The molecule has 1 amide bonds. The molecule has 0 atom stereocenters. The van der Waals surface area contributed by atoms with Gasteiger partial charge < -0.3 is 19.7 Å². The van der Waals surface area contributed by atoms with Crippen molar-refractivity contribution in [1.29, 1.82) is 0 Å². The number of rotatable bonds is 5. The first-order valence-electron chi connectivity index (χ1n) is 13.1. The zero-order valence-electron chi connectivity index (χ0n) is 22.4. The van der Waals surface area contributed by atoms with Crippen molar-refractivity contribution in [2.75, 3.05) is 18.4 Å². The van der Waals surface area contributed by atoms with Crippen LogP contribution in [0.2, 0.25) is 0 Å². The van der Waals surface area contributed by atoms with E-state index in [1.807, 2.05) is 65.0 Å². The van der Waals surface area contributed by atoms with Gasteiger partial charge in [-0.15, -0.1) is 0 Å². The summed E-state index contributed by atoms with van der Waals surface area (Å²) < 4.78 is 11.7. The molecule has 1 aliphatic heterocycles. The summed E-state index contributed by atoms with van der Waals surface area (Å²) in [6, 6.07) is 12.5. The number of aromatic nitrogens is 3. The molecule has 37 heavy (non-hydrogen) atoms. The lowest BCUT2D eigenvalue weighted by Crippen LogP contribution is -2.43. The molecule has 1 fully saturated rings. The van der Waals surface area contributed by atoms with Gasteiger partial charge in [-0.25, -0.2) is 19.7 Å². The van der Waals surface area contributed by atoms with E-state index in [-0.39, 0.29) is 12.2 Å². The zero-order valence-corrected chi connectivity index (χ0v) is 22.4. The van der Waals surface area contributed by atoms with E-state index >= 15 is 0 Å². The second-order valence-electron chi connectivity index (χ2n) is 10.1. The van der Waals surface area contributed by atoms with Crippen LogP contribution in [-0.2, 0) is 4.74 Å². The lowest BCUT2D eigenvalue weighted by atomic mass is 9.89. The summed E-state index contributed by atoms with van der Waals surface area (Å²) in [4.78, 5) is 27.8. The summed E-state index contributed by atoms with van der Waals surface area (Å²) in [6.07, 6.45) is 7.55. The minimum Gasteiger partial charge on any atom is -0.473 e. The molecule has 8 heteroatoms. The highest BCUT2D eigenvalue weighted by Crippen LogP contribution is 2.32. The van der Waals surface area contributed by atoms with E-state index in [2.05, 4.69) is 27.4 Å². The second-order valence-corrected chi connectivity index (χ2v) is 10.1. The molecule has 0 saturated heterocycles. The molecule has 1 N–H and O–H groups in total. The molecule has 1 aliphatic carbocycles. The lowest BCUT2D eigenvalue weighted by Gasteiger charge is -2.36. The average molecular weight is 504 g/mol. The van der Waals surface area contributed by atoms with E-state index in [4.69, 9.17) is 14.5 Å². The monoisotopic (exact) mass is 503 g/mol. The molecule has 0 bridgehead atoms. The first kappa shape index (κ1) is 26.4. The van der Waals surface area contributed by atoms with Gasteiger partial charge in [0, 0.05) is 49.8 Å². The van der Waals surface area contributed by atoms with Crippen LogP contribution in [0.4, 0.5) is 10.6 Å². The quantitative estimate of drug-likeness (QED) is 0.450. The van der Waals surface area contributed by atoms with Gasteiger partial charge in [0.05, 0.1) is 5.52 Å². The van der Waals surface area contributed by atoms with E-state index in [0.717, 1.165) is 40.8 Å². The van der Waals surface area contributed by atoms with Crippen LogP contribution in [-0.4, -0.2) is 56.8 Å². The molecule has 3 heterocycles. The van der Waals surface area contributed by atoms with Crippen LogP contribution < -0.4 is 10.1 Å². The fourth-order valence-electron chi connectivity index (χ4n) is 4.30. The van der Waals surface area contributed by atoms with Crippen molar-refractivity contribution in [2.24, 2.45) is 0 Å². The van der Waals surface area contributed by atoms with Crippen molar-refractivity contribution in [3.63, 3.8) is 0 Å². The third-order valence-electron chi connectivity index (χ3n) is 6.15. The largest absolute Gasteiger partial charge is 0.473 e. The molecule has 2 aliphatic rings. The van der Waals surface area contributed by atoms with Crippen LogP contribution >= 0.6 is 0 Å². The lowest BCUT2D eigenvalue weighted by molar-refractivity contribution is 0.0270. The third-order valence-corrected chi connectivity index (χ3v) is 6.15. The van der Waals surface area contributed by atoms with Gasteiger partial charge in [-0.2, -0.15) is 0 Å². The molecule has 0 spiro atoms. The molecular weight excluding hydrogens is 466 g/mol. The van der Waals surface area contributed by atoms with Gasteiger partial charge in [0.1, 0.15) is 23.2 Å². The normalized spacial score (nSPS) is 19.2. The van der Waals surface area contributed by atoms with Gasteiger partial charge in [0.2, 0.25) is 5.88 Å². The number of hydrogen-bond donors (Lipinski definition) is 1. The van der Waals surface area contributed by atoms with Gasteiger partial charge in [-0.05, 0) is 51.0 Å². The van der Waals surface area contributed by atoms with Crippen LogP contribution in [0.5, 0.6) is 5.88 Å². The number of amides is 1. The molecule has 2 aromatic heterocycles. The highest BCUT2D eigenvalue weighted by Gasteiger charge is 2.33. The number of nitrogens with one attached hydrogen (secondary N) is 1. The minimum absolute atomic E-state index is 0.0749. The van der Waals surface area contributed by atoms with Crippen molar-refractivity contribution in [3.05, 3.63) is 60.6 Å². The molecule has 0 radical (unpaired) electrons. The number of benzene rings is 1. The first-order valence-corrected chi connectivity index (χ1v) is 13.1. The van der Waals surface area contributed by atoms with Crippen molar-refractivity contribution >= 4 is 28.4 Å². The maximum absolute atomic E-state index is 12.4. The van der Waals surface area contributed by atoms with Crippen LogP contribution in [0.3, 0.4) is 0 Å². The van der Waals surface area contributed by atoms with Gasteiger partial charge in [0.25, 0.3) is 0 Å². The Morgan fingerprint density at radius 1 is 1.05 bits per heavy atom. The van der Waals surface area contributed by atoms with Gasteiger partial charge in [-0.1, -0.05) is 38.1 Å². The van der Waals surface area contributed by atoms with Gasteiger partial charge in [-0.3, -0.25) is 0 Å². The first-order chi connectivity index (χ1) is 17.8. The maximum Gasteiger partial charge on any atom is 0.410 e. The number of anilines is 1. The Hall–Kier alpha value is -3.68. The summed E-state index contributed by atoms with van der Waals surface area (Å²) in [7, 11) is 0. The summed E-state index contributed by atoms with van der Waals surface area (Å²) >= 11 is 0. The predicted octanol–water partition coefficient (Wildman–Crippen LogP) is 6.10. The third kappa shape index (κ3) is 6.76. The fraction of sp³-hybridized carbons (Fsp3) is 0.448. The smallest absolute Gasteiger partial charge is 0.410 e. The van der Waals surface area contributed by atoms with Crippen LogP contribution in [0.1, 0.15) is 59.6 Å². The van der Waals surface area contributed by atoms with E-state index in [9.17, 15) is 4.79 Å². The Kier molecular flexibility index (Phi) is 8.26.